The number of thiophene rings is 1. The molecule has 1 heterocycles. The molecule has 4 nitrogen and oxygen atoms in total. The Bertz CT molecular complexity index is 404. The minimum absolute atomic E-state index is 0.0844. The molecule has 18 heavy (non-hydrogen) atoms. The molecule has 0 spiro atoms. The summed E-state index contributed by atoms with van der Waals surface area (Å²) < 4.78 is 0. The van der Waals surface area contributed by atoms with E-state index in [4.69, 9.17) is 5.73 Å². The van der Waals surface area contributed by atoms with Crippen molar-refractivity contribution in [2.24, 2.45) is 0 Å². The average molecular weight is 287 g/mol. The third-order valence-electron chi connectivity index (χ3n) is 2.46. The zero-order valence-electron chi connectivity index (χ0n) is 11.1. The number of nitrogens with one attached hydrogen (secondary N) is 2. The first-order valence-electron chi connectivity index (χ1n) is 6.13. The Balaban J connectivity index is 2.90. The Morgan fingerprint density at radius 1 is 1.44 bits per heavy atom. The summed E-state index contributed by atoms with van der Waals surface area (Å²) in [6.45, 7) is 5.58. The van der Waals surface area contributed by atoms with Gasteiger partial charge in [-0.15, -0.1) is 23.1 Å². The number of nitrogen functional groups attached to an aromatic ring is 1. The number of amides is 1. The van der Waals surface area contributed by atoms with Crippen LogP contribution in [0.2, 0.25) is 0 Å². The standard InChI is InChI=1S/C12H21N3OS2/c1-4-6-7-15-12-10(17-3)8(13)9(18-12)11(16)14-5-2/h15H,4-7,13H2,1-3H3,(H,14,16). The summed E-state index contributed by atoms with van der Waals surface area (Å²) in [4.78, 5) is 13.5. The number of carbonyl (C=O) groups excluding carboxylic acids is 1. The topological polar surface area (TPSA) is 67.2 Å². The largest absolute Gasteiger partial charge is 0.396 e. The van der Waals surface area contributed by atoms with Crippen LogP contribution in [-0.2, 0) is 0 Å². The van der Waals surface area contributed by atoms with E-state index >= 15 is 0 Å². The summed E-state index contributed by atoms with van der Waals surface area (Å²) in [6.07, 6.45) is 4.23. The van der Waals surface area contributed by atoms with Crippen LogP contribution in [0.3, 0.4) is 0 Å². The number of unbranched alkanes of at least 4 members (excludes halogenated alkanes) is 1. The summed E-state index contributed by atoms with van der Waals surface area (Å²) >= 11 is 3.02. The van der Waals surface area contributed by atoms with Gasteiger partial charge in [-0.2, -0.15) is 0 Å². The molecule has 0 saturated heterocycles. The summed E-state index contributed by atoms with van der Waals surface area (Å²) in [5, 5.41) is 7.16. The number of nitrogens with two attached hydrogens (primary N) is 1. The predicted molar refractivity (Wildman–Crippen MR) is 81.9 cm³/mol. The lowest BCUT2D eigenvalue weighted by Crippen LogP contribution is -2.22. The van der Waals surface area contributed by atoms with E-state index < -0.39 is 0 Å². The Morgan fingerprint density at radius 2 is 2.17 bits per heavy atom. The van der Waals surface area contributed by atoms with Gasteiger partial charge in [-0.25, -0.2) is 0 Å². The molecule has 0 atom stereocenters. The molecule has 0 fully saturated rings. The Kier molecular flexibility index (Phi) is 6.35. The molecule has 102 valence electrons. The van der Waals surface area contributed by atoms with Gasteiger partial charge in [-0.3, -0.25) is 4.79 Å². The Hall–Kier alpha value is -0.880. The molecule has 0 radical (unpaired) electrons. The van der Waals surface area contributed by atoms with Crippen LogP contribution < -0.4 is 16.4 Å². The number of carbonyl (C=O) groups is 1. The van der Waals surface area contributed by atoms with Gasteiger partial charge < -0.3 is 16.4 Å². The van der Waals surface area contributed by atoms with Crippen LogP contribution in [0.4, 0.5) is 10.7 Å². The highest BCUT2D eigenvalue weighted by molar-refractivity contribution is 7.99. The Labute approximate surface area is 117 Å². The number of hydrogen-bond acceptors (Lipinski definition) is 5. The van der Waals surface area contributed by atoms with Crippen molar-refractivity contribution >= 4 is 39.7 Å². The van der Waals surface area contributed by atoms with E-state index in [2.05, 4.69) is 17.6 Å². The van der Waals surface area contributed by atoms with E-state index in [1.807, 2.05) is 13.2 Å². The van der Waals surface area contributed by atoms with Crippen molar-refractivity contribution in [1.82, 2.24) is 5.32 Å². The van der Waals surface area contributed by atoms with Gasteiger partial charge in [0.25, 0.3) is 5.91 Å². The lowest BCUT2D eigenvalue weighted by molar-refractivity contribution is 0.0960. The van der Waals surface area contributed by atoms with Crippen molar-refractivity contribution in [3.63, 3.8) is 0 Å². The summed E-state index contributed by atoms with van der Waals surface area (Å²) in [7, 11) is 0. The van der Waals surface area contributed by atoms with Crippen molar-refractivity contribution in [3.8, 4) is 0 Å². The molecular weight excluding hydrogens is 266 g/mol. The van der Waals surface area contributed by atoms with Gasteiger partial charge in [0.2, 0.25) is 0 Å². The zero-order valence-corrected chi connectivity index (χ0v) is 12.8. The first-order valence-corrected chi connectivity index (χ1v) is 8.18. The van der Waals surface area contributed by atoms with Crippen LogP contribution in [0.5, 0.6) is 0 Å². The van der Waals surface area contributed by atoms with Gasteiger partial charge in [-0.05, 0) is 19.6 Å². The SMILES string of the molecule is CCCCNc1sc(C(=O)NCC)c(N)c1SC. The van der Waals surface area contributed by atoms with Crippen LogP contribution in [0.25, 0.3) is 0 Å². The third kappa shape index (κ3) is 3.55. The Morgan fingerprint density at radius 3 is 2.72 bits per heavy atom. The van der Waals surface area contributed by atoms with Gasteiger partial charge in [0.05, 0.1) is 10.6 Å². The van der Waals surface area contributed by atoms with Crippen LogP contribution in [-0.4, -0.2) is 25.3 Å². The highest BCUT2D eigenvalue weighted by Crippen LogP contribution is 2.41. The van der Waals surface area contributed by atoms with Gasteiger partial charge in [-0.1, -0.05) is 13.3 Å². The minimum atomic E-state index is -0.0844. The molecule has 4 N–H and O–H groups in total. The lowest BCUT2D eigenvalue weighted by Gasteiger charge is -2.04. The van der Waals surface area contributed by atoms with Crippen molar-refractivity contribution in [3.05, 3.63) is 4.88 Å². The van der Waals surface area contributed by atoms with E-state index in [0.29, 0.717) is 17.1 Å². The number of anilines is 2. The molecule has 0 bridgehead atoms. The van der Waals surface area contributed by atoms with E-state index in [1.165, 1.54) is 11.3 Å². The number of rotatable bonds is 7. The summed E-state index contributed by atoms with van der Waals surface area (Å²) in [5.74, 6) is -0.0844. The predicted octanol–water partition coefficient (Wildman–Crippen LogP) is 3.01. The van der Waals surface area contributed by atoms with Crippen LogP contribution in [0.1, 0.15) is 36.4 Å². The van der Waals surface area contributed by atoms with Crippen LogP contribution in [0, 0.1) is 0 Å². The van der Waals surface area contributed by atoms with Crippen molar-refractivity contribution in [2.45, 2.75) is 31.6 Å². The first-order chi connectivity index (χ1) is 8.65. The van der Waals surface area contributed by atoms with E-state index in [-0.39, 0.29) is 5.91 Å². The van der Waals surface area contributed by atoms with Gasteiger partial charge in [0.1, 0.15) is 9.88 Å². The van der Waals surface area contributed by atoms with E-state index in [9.17, 15) is 4.79 Å². The third-order valence-corrected chi connectivity index (χ3v) is 4.59. The molecule has 6 heteroatoms. The van der Waals surface area contributed by atoms with Gasteiger partial charge in [0.15, 0.2) is 0 Å². The zero-order chi connectivity index (χ0) is 13.5. The summed E-state index contributed by atoms with van der Waals surface area (Å²) in [6, 6.07) is 0. The average Bonchev–Trinajstić information content (AvgIpc) is 2.66. The van der Waals surface area contributed by atoms with Gasteiger partial charge >= 0.3 is 0 Å². The van der Waals surface area contributed by atoms with E-state index in [0.717, 1.165) is 29.3 Å². The molecule has 1 rings (SSSR count). The maximum atomic E-state index is 11.9. The molecule has 1 aromatic heterocycles. The van der Waals surface area contributed by atoms with Gasteiger partial charge in [0, 0.05) is 13.1 Å². The highest BCUT2D eigenvalue weighted by Gasteiger charge is 2.19. The fraction of sp³-hybridized carbons (Fsp3) is 0.583. The molecule has 0 unspecified atom stereocenters. The monoisotopic (exact) mass is 287 g/mol. The molecule has 0 aliphatic rings. The molecule has 1 aromatic rings. The minimum Gasteiger partial charge on any atom is -0.396 e. The number of thioether (sulfide) groups is 1. The quantitative estimate of drug-likeness (QED) is 0.533. The fourth-order valence-corrected chi connectivity index (χ4v) is 3.51. The van der Waals surface area contributed by atoms with Crippen molar-refractivity contribution in [2.75, 3.05) is 30.4 Å². The lowest BCUT2D eigenvalue weighted by atomic mass is 10.3. The smallest absolute Gasteiger partial charge is 0.263 e. The van der Waals surface area contributed by atoms with Crippen LogP contribution >= 0.6 is 23.1 Å². The normalized spacial score (nSPS) is 10.4. The molecule has 0 aromatic carbocycles. The van der Waals surface area contributed by atoms with E-state index in [1.54, 1.807) is 11.8 Å². The van der Waals surface area contributed by atoms with Crippen LogP contribution in [0.15, 0.2) is 4.90 Å². The molecular formula is C12H21N3OS2. The molecule has 1 amide bonds. The molecule has 0 saturated carbocycles. The van der Waals surface area contributed by atoms with Crippen molar-refractivity contribution in [1.29, 1.82) is 0 Å². The maximum Gasteiger partial charge on any atom is 0.263 e. The second-order valence-electron chi connectivity index (χ2n) is 3.85. The first kappa shape index (κ1) is 15.2. The second kappa shape index (κ2) is 7.53. The molecule has 0 aliphatic heterocycles. The fourth-order valence-electron chi connectivity index (χ4n) is 1.54. The maximum absolute atomic E-state index is 11.9. The number of hydrogen-bond donors (Lipinski definition) is 3. The summed E-state index contributed by atoms with van der Waals surface area (Å²) in [5.41, 5.74) is 6.63. The molecule has 0 aliphatic carbocycles. The highest BCUT2D eigenvalue weighted by atomic mass is 32.2. The second-order valence-corrected chi connectivity index (χ2v) is 5.68. The van der Waals surface area contributed by atoms with Crippen molar-refractivity contribution < 1.29 is 4.79 Å².